The number of H-pyrrole nitrogens is 1. The first-order valence-corrected chi connectivity index (χ1v) is 10.4. The van der Waals surface area contributed by atoms with Crippen molar-refractivity contribution < 1.29 is 4.79 Å². The van der Waals surface area contributed by atoms with Gasteiger partial charge in [0.05, 0.1) is 11.3 Å². The van der Waals surface area contributed by atoms with Gasteiger partial charge in [0.15, 0.2) is 5.16 Å². The summed E-state index contributed by atoms with van der Waals surface area (Å²) in [5.41, 5.74) is 4.85. The van der Waals surface area contributed by atoms with Crippen molar-refractivity contribution in [3.8, 4) is 0 Å². The van der Waals surface area contributed by atoms with Crippen LogP contribution in [0.4, 0.5) is 5.69 Å². The molecule has 28 heavy (non-hydrogen) atoms. The quantitative estimate of drug-likeness (QED) is 0.478. The predicted octanol–water partition coefficient (Wildman–Crippen LogP) is 4.35. The van der Waals surface area contributed by atoms with Crippen molar-refractivity contribution >= 4 is 34.4 Å². The maximum Gasteiger partial charge on any atom is 0.278 e. The van der Waals surface area contributed by atoms with E-state index in [4.69, 9.17) is 0 Å². The van der Waals surface area contributed by atoms with Gasteiger partial charge >= 0.3 is 0 Å². The number of rotatable bonds is 6. The lowest BCUT2D eigenvalue weighted by molar-refractivity contribution is -0.113. The lowest BCUT2D eigenvalue weighted by Crippen LogP contribution is -2.26. The molecule has 2 aromatic heterocycles. The molecule has 1 amide bonds. The number of aryl methyl sites for hydroxylation is 3. The van der Waals surface area contributed by atoms with E-state index in [2.05, 4.69) is 15.3 Å². The van der Waals surface area contributed by atoms with E-state index in [0.29, 0.717) is 16.2 Å². The van der Waals surface area contributed by atoms with Gasteiger partial charge in [0, 0.05) is 17.4 Å². The molecule has 0 aliphatic carbocycles. The van der Waals surface area contributed by atoms with E-state index in [1.807, 2.05) is 58.9 Å². The average molecular weight is 399 g/mol. The molecule has 6 nitrogen and oxygen atoms in total. The normalized spacial score (nSPS) is 12.3. The molecule has 0 saturated heterocycles. The van der Waals surface area contributed by atoms with E-state index >= 15 is 0 Å². The van der Waals surface area contributed by atoms with Gasteiger partial charge in [-0.3, -0.25) is 14.2 Å². The molecular weight excluding hydrogens is 372 g/mol. The SMILES string of the molecule is CC[C@@H](C)n1c(SCC(=O)Nc2c(C)cccc2C)nc2cc(C)[nH]c2c1=O. The molecule has 0 radical (unpaired) electrons. The minimum absolute atomic E-state index is 0.00261. The number of hydrogen-bond acceptors (Lipinski definition) is 4. The van der Waals surface area contributed by atoms with E-state index in [1.54, 1.807) is 4.57 Å². The Hall–Kier alpha value is -2.54. The van der Waals surface area contributed by atoms with Crippen molar-refractivity contribution in [1.82, 2.24) is 14.5 Å². The van der Waals surface area contributed by atoms with Gasteiger partial charge in [-0.05, 0) is 51.3 Å². The first-order valence-electron chi connectivity index (χ1n) is 9.42. The fourth-order valence-corrected chi connectivity index (χ4v) is 4.08. The standard InChI is InChI=1S/C21H26N4O2S/c1-6-15(5)25-20(27)19-16(10-14(4)22-19)23-21(25)28-11-17(26)24-18-12(2)8-7-9-13(18)3/h7-10,15,22H,6,11H2,1-5H3,(H,24,26)/t15-/m1/s1. The number of nitrogens with one attached hydrogen (secondary N) is 2. The summed E-state index contributed by atoms with van der Waals surface area (Å²) in [6.07, 6.45) is 0.801. The molecule has 148 valence electrons. The van der Waals surface area contributed by atoms with Crippen molar-refractivity contribution in [3.63, 3.8) is 0 Å². The van der Waals surface area contributed by atoms with Crippen LogP contribution < -0.4 is 10.9 Å². The largest absolute Gasteiger partial charge is 0.353 e. The number of thioether (sulfide) groups is 1. The van der Waals surface area contributed by atoms with Crippen LogP contribution in [0.3, 0.4) is 0 Å². The molecular formula is C21H26N4O2S. The summed E-state index contributed by atoms with van der Waals surface area (Å²) in [7, 11) is 0. The molecule has 2 N–H and O–H groups in total. The molecule has 1 atom stereocenters. The number of para-hydroxylation sites is 1. The van der Waals surface area contributed by atoms with Gasteiger partial charge in [-0.2, -0.15) is 0 Å². The number of anilines is 1. The Balaban J connectivity index is 1.87. The average Bonchev–Trinajstić information content (AvgIpc) is 3.03. The summed E-state index contributed by atoms with van der Waals surface area (Å²) < 4.78 is 1.69. The topological polar surface area (TPSA) is 79.8 Å². The van der Waals surface area contributed by atoms with E-state index in [1.165, 1.54) is 11.8 Å². The van der Waals surface area contributed by atoms with Crippen LogP contribution in [0.2, 0.25) is 0 Å². The van der Waals surface area contributed by atoms with Crippen LogP contribution in [0.1, 0.15) is 43.1 Å². The number of amides is 1. The molecule has 1 aromatic carbocycles. The van der Waals surface area contributed by atoms with Crippen LogP contribution in [0.25, 0.3) is 11.0 Å². The van der Waals surface area contributed by atoms with Crippen molar-refractivity contribution in [2.24, 2.45) is 0 Å². The van der Waals surface area contributed by atoms with Gasteiger partial charge in [-0.15, -0.1) is 0 Å². The summed E-state index contributed by atoms with van der Waals surface area (Å²) in [6.45, 7) is 9.87. The highest BCUT2D eigenvalue weighted by atomic mass is 32.2. The molecule has 0 aliphatic rings. The Morgan fingerprint density at radius 1 is 1.29 bits per heavy atom. The first-order chi connectivity index (χ1) is 13.3. The molecule has 0 saturated carbocycles. The molecule has 0 bridgehead atoms. The molecule has 0 aliphatic heterocycles. The zero-order valence-corrected chi connectivity index (χ0v) is 17.7. The first kappa shape index (κ1) is 20.2. The maximum absolute atomic E-state index is 13.0. The third-order valence-corrected chi connectivity index (χ3v) is 5.85. The van der Waals surface area contributed by atoms with Gasteiger partial charge in [0.1, 0.15) is 5.52 Å². The van der Waals surface area contributed by atoms with Gasteiger partial charge in [0.25, 0.3) is 5.56 Å². The number of carbonyl (C=O) groups excluding carboxylic acids is 1. The third kappa shape index (κ3) is 3.99. The van der Waals surface area contributed by atoms with Gasteiger partial charge in [-0.25, -0.2) is 4.98 Å². The van der Waals surface area contributed by atoms with Gasteiger partial charge in [-0.1, -0.05) is 36.9 Å². The second-order valence-corrected chi connectivity index (χ2v) is 8.09. The Bertz CT molecular complexity index is 1060. The zero-order chi connectivity index (χ0) is 20.4. The van der Waals surface area contributed by atoms with Crippen LogP contribution >= 0.6 is 11.8 Å². The van der Waals surface area contributed by atoms with Crippen LogP contribution in [0.15, 0.2) is 34.2 Å². The van der Waals surface area contributed by atoms with Crippen molar-refractivity contribution in [2.45, 2.75) is 52.2 Å². The summed E-state index contributed by atoms with van der Waals surface area (Å²) in [5.74, 6) is 0.0728. The lowest BCUT2D eigenvalue weighted by Gasteiger charge is -2.17. The number of hydrogen-bond donors (Lipinski definition) is 2. The number of nitrogens with zero attached hydrogens (tertiary/aromatic N) is 2. The molecule has 0 unspecified atom stereocenters. The maximum atomic E-state index is 13.0. The van der Waals surface area contributed by atoms with E-state index < -0.39 is 0 Å². The highest BCUT2D eigenvalue weighted by molar-refractivity contribution is 7.99. The fraction of sp³-hybridized carbons (Fsp3) is 0.381. The van der Waals surface area contributed by atoms with E-state index in [9.17, 15) is 9.59 Å². The number of benzene rings is 1. The molecule has 2 heterocycles. The molecule has 0 fully saturated rings. The third-order valence-electron chi connectivity index (χ3n) is 4.90. The summed E-state index contributed by atoms with van der Waals surface area (Å²) in [5, 5.41) is 3.56. The van der Waals surface area contributed by atoms with Crippen molar-refractivity contribution in [3.05, 3.63) is 51.4 Å². The van der Waals surface area contributed by atoms with Crippen molar-refractivity contribution in [1.29, 1.82) is 0 Å². The monoisotopic (exact) mass is 398 g/mol. The van der Waals surface area contributed by atoms with Gasteiger partial charge in [0.2, 0.25) is 5.91 Å². The molecule has 7 heteroatoms. The summed E-state index contributed by atoms with van der Waals surface area (Å²) >= 11 is 1.29. The van der Waals surface area contributed by atoms with Crippen LogP contribution in [-0.4, -0.2) is 26.2 Å². The summed E-state index contributed by atoms with van der Waals surface area (Å²) in [4.78, 5) is 33.3. The van der Waals surface area contributed by atoms with Crippen LogP contribution in [0, 0.1) is 20.8 Å². The minimum atomic E-state index is -0.113. The highest BCUT2D eigenvalue weighted by Gasteiger charge is 2.18. The van der Waals surface area contributed by atoms with Crippen molar-refractivity contribution in [2.75, 3.05) is 11.1 Å². The molecule has 3 aromatic rings. The Labute approximate surface area is 168 Å². The fourth-order valence-electron chi connectivity index (χ4n) is 3.18. The Morgan fingerprint density at radius 3 is 2.61 bits per heavy atom. The minimum Gasteiger partial charge on any atom is -0.353 e. The Kier molecular flexibility index (Phi) is 5.93. The number of aromatic nitrogens is 3. The van der Waals surface area contributed by atoms with E-state index in [-0.39, 0.29) is 23.3 Å². The van der Waals surface area contributed by atoms with Crippen LogP contribution in [0.5, 0.6) is 0 Å². The highest BCUT2D eigenvalue weighted by Crippen LogP contribution is 2.24. The number of aromatic amines is 1. The Morgan fingerprint density at radius 2 is 1.96 bits per heavy atom. The van der Waals surface area contributed by atoms with Gasteiger partial charge < -0.3 is 10.3 Å². The van der Waals surface area contributed by atoms with E-state index in [0.717, 1.165) is 28.9 Å². The predicted molar refractivity (Wildman–Crippen MR) is 115 cm³/mol. The molecule has 0 spiro atoms. The van der Waals surface area contributed by atoms with Crippen LogP contribution in [-0.2, 0) is 4.79 Å². The number of fused-ring (bicyclic) bond motifs is 1. The smallest absolute Gasteiger partial charge is 0.278 e. The molecule has 3 rings (SSSR count). The second-order valence-electron chi connectivity index (χ2n) is 7.14. The zero-order valence-electron chi connectivity index (χ0n) is 16.9. The summed E-state index contributed by atoms with van der Waals surface area (Å²) in [6, 6.07) is 7.77. The number of carbonyl (C=O) groups is 1. The lowest BCUT2D eigenvalue weighted by atomic mass is 10.1. The second kappa shape index (κ2) is 8.22.